The zero-order chi connectivity index (χ0) is 42.8. The second-order valence-corrected chi connectivity index (χ2v) is 18.2. The Morgan fingerprint density at radius 2 is 0.948 bits per heavy atom. The van der Waals surface area contributed by atoms with Crippen LogP contribution in [-0.4, -0.2) is 70.0 Å². The minimum atomic E-state index is -4.64. The Hall–Kier alpha value is -2.03. The standard InChI is InChI=1S/C48H88NO8P/c1-6-8-10-12-14-16-18-20-22-24-26-28-30-32-34-36-38-40-47(50)54-44-46(45-56-58(52,53)55-43-42-49(3,4)5)57-48(51)41-39-37-35-33-31-29-27-25-23-21-19-17-15-13-11-9-7-2/h14,16,20,22,27,29,33,35,46H,6-13,15,17-19,21,23-26,28,30-32,34,36-45H2,1-5H3/b16-14+,22-20+,29-27+,35-33+/t46-/m1/s1. The number of esters is 2. The van der Waals surface area contributed by atoms with Crippen LogP contribution in [0.2, 0.25) is 0 Å². The molecule has 1 unspecified atom stereocenters. The molecule has 0 saturated heterocycles. The Labute approximate surface area is 356 Å². The second-order valence-electron chi connectivity index (χ2n) is 16.8. The van der Waals surface area contributed by atoms with Crippen molar-refractivity contribution in [3.63, 3.8) is 0 Å². The predicted molar refractivity (Wildman–Crippen MR) is 240 cm³/mol. The van der Waals surface area contributed by atoms with Gasteiger partial charge < -0.3 is 27.9 Å². The quantitative estimate of drug-likeness (QED) is 0.0196. The van der Waals surface area contributed by atoms with Crippen LogP contribution in [0.3, 0.4) is 0 Å². The Morgan fingerprint density at radius 3 is 1.45 bits per heavy atom. The average molecular weight is 838 g/mol. The normalized spacial score (nSPS) is 14.0. The molecule has 9 nitrogen and oxygen atoms in total. The van der Waals surface area contributed by atoms with E-state index in [-0.39, 0.29) is 26.1 Å². The molecule has 0 aliphatic heterocycles. The van der Waals surface area contributed by atoms with Gasteiger partial charge in [-0.05, 0) is 70.6 Å². The van der Waals surface area contributed by atoms with E-state index in [1.807, 2.05) is 21.1 Å². The van der Waals surface area contributed by atoms with Crippen molar-refractivity contribution in [3.05, 3.63) is 48.6 Å². The van der Waals surface area contributed by atoms with E-state index in [4.69, 9.17) is 18.5 Å². The summed E-state index contributed by atoms with van der Waals surface area (Å²) in [5.41, 5.74) is 0. The van der Waals surface area contributed by atoms with Crippen LogP contribution >= 0.6 is 7.82 Å². The summed E-state index contributed by atoms with van der Waals surface area (Å²) in [5.74, 6) is -0.896. The fraction of sp³-hybridized carbons (Fsp3) is 0.792. The number of rotatable bonds is 42. The number of likely N-dealkylation sites (N-methyl/N-ethyl adjacent to an activating group) is 1. The van der Waals surface area contributed by atoms with Gasteiger partial charge in [-0.3, -0.25) is 14.2 Å². The van der Waals surface area contributed by atoms with E-state index < -0.39 is 32.5 Å². The Kier molecular flexibility index (Phi) is 39.0. The van der Waals surface area contributed by atoms with Crippen LogP contribution in [0.25, 0.3) is 0 Å². The molecule has 0 aliphatic rings. The van der Waals surface area contributed by atoms with Crippen molar-refractivity contribution in [1.82, 2.24) is 0 Å². The van der Waals surface area contributed by atoms with Gasteiger partial charge in [-0.2, -0.15) is 0 Å². The SMILES string of the molecule is CCCCC/C=C/C/C=C/CCCCCCCCCC(=O)OC[C@H](COP(=O)([O-])OCC[N+](C)(C)C)OC(=O)CCC/C=C/C/C=C/CCCCCCCCCCC. The first-order chi connectivity index (χ1) is 28.0. The minimum absolute atomic E-state index is 0.0406. The molecule has 0 aliphatic carbocycles. The molecule has 0 spiro atoms. The molecule has 0 fully saturated rings. The minimum Gasteiger partial charge on any atom is -0.756 e. The van der Waals surface area contributed by atoms with Crippen LogP contribution in [-0.2, 0) is 32.7 Å². The van der Waals surface area contributed by atoms with Crippen molar-refractivity contribution >= 4 is 19.8 Å². The number of phosphoric ester groups is 1. The molecule has 0 amide bonds. The van der Waals surface area contributed by atoms with Crippen LogP contribution in [0.5, 0.6) is 0 Å². The van der Waals surface area contributed by atoms with Gasteiger partial charge in [0.15, 0.2) is 6.10 Å². The summed E-state index contributed by atoms with van der Waals surface area (Å²) in [7, 11) is 1.13. The molecular formula is C48H88NO8P. The molecular weight excluding hydrogens is 750 g/mol. The molecule has 2 atom stereocenters. The van der Waals surface area contributed by atoms with E-state index in [2.05, 4.69) is 62.5 Å². The summed E-state index contributed by atoms with van der Waals surface area (Å²) in [6, 6.07) is 0. The number of allylic oxidation sites excluding steroid dienone is 8. The maximum Gasteiger partial charge on any atom is 0.306 e. The van der Waals surface area contributed by atoms with Gasteiger partial charge in [0.1, 0.15) is 19.8 Å². The van der Waals surface area contributed by atoms with Crippen molar-refractivity contribution in [2.24, 2.45) is 0 Å². The van der Waals surface area contributed by atoms with Gasteiger partial charge in [0.2, 0.25) is 0 Å². The summed E-state index contributed by atoms with van der Waals surface area (Å²) in [5, 5.41) is 0. The summed E-state index contributed by atoms with van der Waals surface area (Å²) in [6.45, 7) is 4.15. The van der Waals surface area contributed by atoms with Gasteiger partial charge >= 0.3 is 11.9 Å². The highest BCUT2D eigenvalue weighted by molar-refractivity contribution is 7.45. The van der Waals surface area contributed by atoms with Crippen LogP contribution in [0, 0.1) is 0 Å². The highest BCUT2D eigenvalue weighted by Crippen LogP contribution is 2.38. The molecule has 0 heterocycles. The van der Waals surface area contributed by atoms with Crippen molar-refractivity contribution in [2.45, 2.75) is 200 Å². The smallest absolute Gasteiger partial charge is 0.306 e. The van der Waals surface area contributed by atoms with Crippen LogP contribution in [0.15, 0.2) is 48.6 Å². The van der Waals surface area contributed by atoms with Crippen molar-refractivity contribution < 1.29 is 42.1 Å². The molecule has 0 bridgehead atoms. The molecule has 0 aromatic rings. The van der Waals surface area contributed by atoms with Gasteiger partial charge in [-0.1, -0.05) is 159 Å². The van der Waals surface area contributed by atoms with E-state index in [0.29, 0.717) is 23.9 Å². The highest BCUT2D eigenvalue weighted by Gasteiger charge is 2.21. The van der Waals surface area contributed by atoms with Crippen LogP contribution in [0.4, 0.5) is 0 Å². The third kappa shape index (κ3) is 43.5. The summed E-state index contributed by atoms with van der Waals surface area (Å²) in [4.78, 5) is 37.6. The zero-order valence-corrected chi connectivity index (χ0v) is 38.9. The number of quaternary nitrogens is 1. The topological polar surface area (TPSA) is 111 Å². The molecule has 0 aromatic heterocycles. The monoisotopic (exact) mass is 838 g/mol. The number of carbonyl (C=O) groups excluding carboxylic acids is 2. The van der Waals surface area contributed by atoms with Gasteiger partial charge in [0, 0.05) is 12.8 Å². The maximum absolute atomic E-state index is 12.7. The molecule has 0 rings (SSSR count). The molecule has 0 N–H and O–H groups in total. The number of ether oxygens (including phenoxy) is 2. The van der Waals surface area contributed by atoms with Gasteiger partial charge in [0.05, 0.1) is 27.7 Å². The number of hydrogen-bond donors (Lipinski definition) is 0. The first-order valence-electron chi connectivity index (χ1n) is 23.3. The predicted octanol–water partition coefficient (Wildman–Crippen LogP) is 12.8. The van der Waals surface area contributed by atoms with Crippen molar-refractivity contribution in [1.29, 1.82) is 0 Å². The van der Waals surface area contributed by atoms with E-state index >= 15 is 0 Å². The number of nitrogens with zero attached hydrogens (tertiary/aromatic N) is 1. The van der Waals surface area contributed by atoms with Gasteiger partial charge in [0.25, 0.3) is 7.82 Å². The number of hydrogen-bond acceptors (Lipinski definition) is 8. The average Bonchev–Trinajstić information content (AvgIpc) is 3.17. The third-order valence-electron chi connectivity index (χ3n) is 9.82. The zero-order valence-electron chi connectivity index (χ0n) is 38.0. The first kappa shape index (κ1) is 56.0. The second kappa shape index (κ2) is 40.4. The Morgan fingerprint density at radius 1 is 0.534 bits per heavy atom. The fourth-order valence-corrected chi connectivity index (χ4v) is 6.86. The van der Waals surface area contributed by atoms with Gasteiger partial charge in [-0.15, -0.1) is 0 Å². The lowest BCUT2D eigenvalue weighted by Gasteiger charge is -2.28. The van der Waals surface area contributed by atoms with Crippen molar-refractivity contribution in [2.75, 3.05) is 47.5 Å². The Bertz CT molecular complexity index is 1130. The molecule has 10 heteroatoms. The lowest BCUT2D eigenvalue weighted by Crippen LogP contribution is -2.37. The lowest BCUT2D eigenvalue weighted by atomic mass is 10.1. The van der Waals surface area contributed by atoms with Crippen LogP contribution < -0.4 is 4.89 Å². The summed E-state index contributed by atoms with van der Waals surface area (Å²) in [6.07, 6.45) is 47.1. The first-order valence-corrected chi connectivity index (χ1v) is 24.8. The van der Waals surface area contributed by atoms with Gasteiger partial charge in [-0.25, -0.2) is 0 Å². The van der Waals surface area contributed by atoms with E-state index in [9.17, 15) is 19.0 Å². The maximum atomic E-state index is 12.7. The van der Waals surface area contributed by atoms with E-state index in [1.54, 1.807) is 0 Å². The van der Waals surface area contributed by atoms with Crippen LogP contribution in [0.1, 0.15) is 194 Å². The fourth-order valence-electron chi connectivity index (χ4n) is 6.14. The largest absolute Gasteiger partial charge is 0.756 e. The third-order valence-corrected chi connectivity index (χ3v) is 10.8. The molecule has 338 valence electrons. The van der Waals surface area contributed by atoms with E-state index in [1.165, 1.54) is 103 Å². The van der Waals surface area contributed by atoms with E-state index in [0.717, 1.165) is 51.4 Å². The number of phosphoric acid groups is 1. The highest BCUT2D eigenvalue weighted by atomic mass is 31.2. The molecule has 58 heavy (non-hydrogen) atoms. The Balaban J connectivity index is 4.40. The molecule has 0 radical (unpaired) electrons. The van der Waals surface area contributed by atoms with Crippen molar-refractivity contribution in [3.8, 4) is 0 Å². The summed E-state index contributed by atoms with van der Waals surface area (Å²) < 4.78 is 33.9. The molecule has 0 aromatic carbocycles. The lowest BCUT2D eigenvalue weighted by molar-refractivity contribution is -0.870. The summed E-state index contributed by atoms with van der Waals surface area (Å²) >= 11 is 0. The number of unbranched alkanes of at least 4 members (excludes halogenated alkanes) is 20. The molecule has 0 saturated carbocycles. The number of carbonyl (C=O) groups is 2.